The number of rotatable bonds is 0. The number of hydrogen-bond donors (Lipinski definition) is 6. The first-order valence-corrected chi connectivity index (χ1v) is 14.1. The van der Waals surface area contributed by atoms with Gasteiger partial charge in [0, 0.05) is 26.2 Å². The zero-order chi connectivity index (χ0) is 19.5. The van der Waals surface area contributed by atoms with Gasteiger partial charge in [0.15, 0.2) is 0 Å². The summed E-state index contributed by atoms with van der Waals surface area (Å²) in [6.07, 6.45) is 1.13. The highest BCUT2D eigenvalue weighted by Gasteiger charge is 2.37. The maximum Gasteiger partial charge on any atom is 0.323 e. The van der Waals surface area contributed by atoms with E-state index in [4.69, 9.17) is 8.85 Å². The minimum Gasteiger partial charge on any atom is -0.415 e. The number of amides is 4. The van der Waals surface area contributed by atoms with E-state index in [1.54, 1.807) is 13.1 Å². The zero-order valence-corrected chi connectivity index (χ0v) is 17.6. The number of ether oxygens (including phenoxy) is 1. The number of nitrogens with one attached hydrogen (secondary N) is 4. The van der Waals surface area contributed by atoms with Gasteiger partial charge in [-0.15, -0.1) is 0 Å². The first kappa shape index (κ1) is 22.9. The van der Waals surface area contributed by atoms with Crippen molar-refractivity contribution in [1.82, 2.24) is 21.3 Å². The molecule has 0 radical (unpaired) electrons. The molecule has 12 heteroatoms. The Morgan fingerprint density at radius 2 is 1.15 bits per heavy atom. The first-order valence-electron chi connectivity index (χ1n) is 8.96. The van der Waals surface area contributed by atoms with Crippen LogP contribution in [0.25, 0.3) is 0 Å². The molecule has 152 valence electrons. The third-order valence-corrected chi connectivity index (χ3v) is 9.79. The maximum atomic E-state index is 11.6. The molecule has 2 atom stereocenters. The fourth-order valence-electron chi connectivity index (χ4n) is 2.51. The second-order valence-corrected chi connectivity index (χ2v) is 13.2. The van der Waals surface area contributed by atoms with Crippen molar-refractivity contribution < 1.29 is 28.0 Å². The van der Waals surface area contributed by atoms with E-state index in [1.165, 1.54) is 0 Å². The fourth-order valence-corrected chi connectivity index (χ4v) is 8.78. The molecule has 10 nitrogen and oxygen atoms in total. The van der Waals surface area contributed by atoms with Gasteiger partial charge in [-0.2, -0.15) is 0 Å². The van der Waals surface area contributed by atoms with Crippen molar-refractivity contribution in [2.24, 2.45) is 0 Å². The molecule has 0 aromatic rings. The molecule has 1 aliphatic rings. The van der Waals surface area contributed by atoms with E-state index >= 15 is 0 Å². The Morgan fingerprint density at radius 3 is 1.58 bits per heavy atom. The molecule has 4 amide bonds. The van der Waals surface area contributed by atoms with Gasteiger partial charge < -0.3 is 39.7 Å². The van der Waals surface area contributed by atoms with Crippen LogP contribution in [0.3, 0.4) is 0 Å². The molecule has 1 aliphatic heterocycles. The Labute approximate surface area is 156 Å². The lowest BCUT2D eigenvalue weighted by Crippen LogP contribution is -2.49. The molecular weight excluding hydrogens is 376 g/mol. The Hall–Kier alpha value is -1.19. The van der Waals surface area contributed by atoms with Crippen LogP contribution in [0.2, 0.25) is 25.2 Å². The van der Waals surface area contributed by atoms with Crippen LogP contribution in [0.1, 0.15) is 12.8 Å². The van der Waals surface area contributed by atoms with Crippen molar-refractivity contribution in [1.29, 1.82) is 0 Å². The number of hydrogen-bond acceptors (Lipinski definition) is 6. The van der Waals surface area contributed by atoms with Crippen LogP contribution in [0.5, 0.6) is 0 Å². The average molecular weight is 409 g/mol. The van der Waals surface area contributed by atoms with Gasteiger partial charge in [-0.1, -0.05) is 0 Å². The average Bonchev–Trinajstić information content (AvgIpc) is 2.53. The van der Waals surface area contributed by atoms with Crippen molar-refractivity contribution >= 4 is 29.2 Å². The summed E-state index contributed by atoms with van der Waals surface area (Å²) < 4.78 is 11.0. The molecule has 1 rings (SSSR count). The standard InChI is InChI=1S/C14H32N4O6Si2/c1-25(21)11-3-5-15-13(19)17-7-9-23-10-8-18-14(20)16-6-4-12-26(2,22)24-25/h21-22H,3-12H2,1-2H3,(H2,15,17,19)(H2,16,18,20). The molecular formula is C14H32N4O6Si2. The molecule has 0 bridgehead atoms. The molecule has 0 saturated carbocycles. The van der Waals surface area contributed by atoms with Crippen LogP contribution in [0.15, 0.2) is 0 Å². The van der Waals surface area contributed by atoms with Crippen molar-refractivity contribution in [3.63, 3.8) is 0 Å². The molecule has 2 unspecified atom stereocenters. The van der Waals surface area contributed by atoms with Crippen LogP contribution in [-0.4, -0.2) is 78.2 Å². The molecule has 0 spiro atoms. The Bertz CT molecular complexity index is 415. The highest BCUT2D eigenvalue weighted by Crippen LogP contribution is 2.19. The van der Waals surface area contributed by atoms with Crippen LogP contribution in [0, 0.1) is 0 Å². The fraction of sp³-hybridized carbons (Fsp3) is 0.857. The van der Waals surface area contributed by atoms with Crippen molar-refractivity contribution in [2.45, 2.75) is 38.0 Å². The van der Waals surface area contributed by atoms with Crippen LogP contribution >= 0.6 is 0 Å². The van der Waals surface area contributed by atoms with Gasteiger partial charge in [0.25, 0.3) is 0 Å². The third-order valence-electron chi connectivity index (χ3n) is 3.71. The Balaban J connectivity index is 2.51. The summed E-state index contributed by atoms with van der Waals surface area (Å²) >= 11 is 0. The summed E-state index contributed by atoms with van der Waals surface area (Å²) in [7, 11) is -6.00. The largest absolute Gasteiger partial charge is 0.415 e. The zero-order valence-electron chi connectivity index (χ0n) is 15.6. The molecule has 0 aromatic carbocycles. The minimum absolute atomic E-state index is 0.302. The lowest BCUT2D eigenvalue weighted by molar-refractivity contribution is 0.138. The number of carbonyl (C=O) groups excluding carboxylic acids is 2. The van der Waals surface area contributed by atoms with E-state index in [1.807, 2.05) is 0 Å². The van der Waals surface area contributed by atoms with Gasteiger partial charge in [0.2, 0.25) is 0 Å². The lowest BCUT2D eigenvalue weighted by atomic mass is 10.5. The van der Waals surface area contributed by atoms with E-state index in [0.717, 1.165) is 0 Å². The number of urea groups is 2. The van der Waals surface area contributed by atoms with Gasteiger partial charge >= 0.3 is 29.2 Å². The normalized spacial score (nSPS) is 31.7. The molecule has 0 aromatic heterocycles. The van der Waals surface area contributed by atoms with Crippen LogP contribution < -0.4 is 21.3 Å². The monoisotopic (exact) mass is 408 g/mol. The molecule has 1 fully saturated rings. The highest BCUT2D eigenvalue weighted by molar-refractivity contribution is 6.78. The van der Waals surface area contributed by atoms with E-state index in [0.29, 0.717) is 64.3 Å². The van der Waals surface area contributed by atoms with E-state index in [2.05, 4.69) is 21.3 Å². The summed E-state index contributed by atoms with van der Waals surface area (Å²) in [5.41, 5.74) is 0. The van der Waals surface area contributed by atoms with E-state index in [9.17, 15) is 19.2 Å². The summed E-state index contributed by atoms with van der Waals surface area (Å²) in [4.78, 5) is 44.1. The predicted octanol–water partition coefficient (Wildman–Crippen LogP) is -0.460. The highest BCUT2D eigenvalue weighted by atomic mass is 28.5. The van der Waals surface area contributed by atoms with Crippen molar-refractivity contribution in [3.05, 3.63) is 0 Å². The van der Waals surface area contributed by atoms with Gasteiger partial charge in [-0.25, -0.2) is 9.59 Å². The van der Waals surface area contributed by atoms with E-state index < -0.39 is 17.1 Å². The summed E-state index contributed by atoms with van der Waals surface area (Å²) in [5.74, 6) is 0. The lowest BCUT2D eigenvalue weighted by Gasteiger charge is -2.30. The summed E-state index contributed by atoms with van der Waals surface area (Å²) in [5, 5.41) is 10.7. The molecule has 1 heterocycles. The second-order valence-electron chi connectivity index (χ2n) is 6.64. The SMILES string of the molecule is C[Si]1(O)CCCNC(=O)NCCOCCNC(=O)NCCC[Si](C)(O)O1. The quantitative estimate of drug-likeness (QED) is 0.300. The van der Waals surface area contributed by atoms with Gasteiger partial charge in [-0.3, -0.25) is 0 Å². The summed E-state index contributed by atoms with van der Waals surface area (Å²) in [6.45, 7) is 5.55. The Kier molecular flexibility index (Phi) is 10.1. The smallest absolute Gasteiger partial charge is 0.323 e. The minimum atomic E-state index is -3.00. The van der Waals surface area contributed by atoms with E-state index in [-0.39, 0.29) is 12.1 Å². The molecule has 6 N–H and O–H groups in total. The molecule has 0 aliphatic carbocycles. The van der Waals surface area contributed by atoms with Gasteiger partial charge in [-0.05, 0) is 38.0 Å². The summed E-state index contributed by atoms with van der Waals surface area (Å²) in [6, 6.07) is 0.230. The van der Waals surface area contributed by atoms with Crippen LogP contribution in [0.4, 0.5) is 9.59 Å². The molecule has 26 heavy (non-hydrogen) atoms. The third kappa shape index (κ3) is 11.4. The predicted molar refractivity (Wildman–Crippen MR) is 101 cm³/mol. The molecule has 1 saturated heterocycles. The van der Waals surface area contributed by atoms with Crippen LogP contribution in [-0.2, 0) is 8.85 Å². The Morgan fingerprint density at radius 1 is 0.769 bits per heavy atom. The maximum absolute atomic E-state index is 11.6. The topological polar surface area (TPSA) is 141 Å². The van der Waals surface area contributed by atoms with Gasteiger partial charge in [0.05, 0.1) is 13.2 Å². The van der Waals surface area contributed by atoms with Crippen molar-refractivity contribution in [2.75, 3.05) is 39.4 Å². The second kappa shape index (κ2) is 11.5. The number of carbonyl (C=O) groups is 2. The van der Waals surface area contributed by atoms with Crippen molar-refractivity contribution in [3.8, 4) is 0 Å². The first-order chi connectivity index (χ1) is 12.2. The van der Waals surface area contributed by atoms with Gasteiger partial charge in [0.1, 0.15) is 0 Å².